The van der Waals surface area contributed by atoms with Crippen molar-refractivity contribution in [1.29, 1.82) is 0 Å². The number of ether oxygens (including phenoxy) is 2. The predicted molar refractivity (Wildman–Crippen MR) is 105 cm³/mol. The van der Waals surface area contributed by atoms with Crippen LogP contribution in [0.25, 0.3) is 0 Å². The van der Waals surface area contributed by atoms with Gasteiger partial charge in [0.15, 0.2) is 5.82 Å². The minimum atomic E-state index is -5.15. The van der Waals surface area contributed by atoms with Gasteiger partial charge in [0.2, 0.25) is 0 Å². The second kappa shape index (κ2) is 9.48. The molecule has 0 spiro atoms. The zero-order chi connectivity index (χ0) is 26.0. The average Bonchev–Trinajstić information content (AvgIpc) is 2.73. The second-order valence-electron chi connectivity index (χ2n) is 6.67. The fourth-order valence-electron chi connectivity index (χ4n) is 2.72. The van der Waals surface area contributed by atoms with Gasteiger partial charge < -0.3 is 20.5 Å². The number of hydrogen-bond donors (Lipinski definition) is 2. The lowest BCUT2D eigenvalue weighted by molar-refractivity contribution is -0.274. The van der Waals surface area contributed by atoms with Gasteiger partial charge in [-0.25, -0.2) is 9.37 Å². The van der Waals surface area contributed by atoms with Crippen molar-refractivity contribution in [3.8, 4) is 17.2 Å². The Morgan fingerprint density at radius 3 is 2.03 bits per heavy atom. The Kier molecular flexibility index (Phi) is 6.84. The number of rotatable bonds is 6. The lowest BCUT2D eigenvalue weighted by Gasteiger charge is -2.16. The van der Waals surface area contributed by atoms with Crippen LogP contribution in [-0.2, 0) is 6.18 Å². The molecule has 7 nitrogen and oxygen atoms in total. The van der Waals surface area contributed by atoms with Crippen molar-refractivity contribution in [3.05, 3.63) is 77.4 Å². The van der Waals surface area contributed by atoms with Gasteiger partial charge in [-0.15, -0.1) is 13.2 Å². The number of carbonyl (C=O) groups excluding carboxylic acids is 2. The van der Waals surface area contributed by atoms with E-state index in [2.05, 4.69) is 15.0 Å². The summed E-state index contributed by atoms with van der Waals surface area (Å²) in [6.07, 6.45) is -9.16. The van der Waals surface area contributed by atoms with E-state index in [0.29, 0.717) is 12.1 Å². The maximum absolute atomic E-state index is 14.8. The Labute approximate surface area is 191 Å². The highest BCUT2D eigenvalue weighted by Crippen LogP contribution is 2.38. The lowest BCUT2D eigenvalue weighted by atomic mass is 10.1. The molecule has 1 heterocycles. The molecule has 0 saturated heterocycles. The molecule has 14 heteroatoms. The molecule has 3 aromatic rings. The van der Waals surface area contributed by atoms with Crippen LogP contribution in [0, 0.1) is 5.82 Å². The summed E-state index contributed by atoms with van der Waals surface area (Å²) >= 11 is 0. The van der Waals surface area contributed by atoms with Crippen molar-refractivity contribution in [1.82, 2.24) is 4.98 Å². The quantitative estimate of drug-likeness (QED) is 0.446. The van der Waals surface area contributed by atoms with E-state index in [9.17, 15) is 40.3 Å². The maximum Gasteiger partial charge on any atom is 0.573 e. The largest absolute Gasteiger partial charge is 0.573 e. The highest BCUT2D eigenvalue weighted by atomic mass is 19.4. The number of amides is 2. The number of anilines is 1. The third-order valence-corrected chi connectivity index (χ3v) is 4.20. The highest BCUT2D eigenvalue weighted by molar-refractivity contribution is 6.06. The second-order valence-corrected chi connectivity index (χ2v) is 6.67. The van der Waals surface area contributed by atoms with Gasteiger partial charge in [-0.1, -0.05) is 0 Å². The van der Waals surface area contributed by atoms with Crippen molar-refractivity contribution in [3.63, 3.8) is 0 Å². The van der Waals surface area contributed by atoms with Crippen LogP contribution in [0.2, 0.25) is 0 Å². The third-order valence-electron chi connectivity index (χ3n) is 4.20. The first kappa shape index (κ1) is 25.3. The van der Waals surface area contributed by atoms with E-state index in [4.69, 9.17) is 10.5 Å². The van der Waals surface area contributed by atoms with Crippen molar-refractivity contribution in [2.75, 3.05) is 5.32 Å². The molecule has 0 radical (unpaired) electrons. The minimum Gasteiger partial charge on any atom is -0.456 e. The number of carbonyl (C=O) groups is 2. The normalized spacial score (nSPS) is 11.6. The Hall–Kier alpha value is -4.36. The van der Waals surface area contributed by atoms with Crippen LogP contribution in [0.4, 0.5) is 36.4 Å². The van der Waals surface area contributed by atoms with Gasteiger partial charge in [-0.2, -0.15) is 13.2 Å². The number of nitrogens with two attached hydrogens (primary N) is 1. The molecule has 0 aliphatic heterocycles. The van der Waals surface area contributed by atoms with E-state index in [1.54, 1.807) is 0 Å². The average molecular weight is 503 g/mol. The Bertz CT molecular complexity index is 1240. The molecule has 0 saturated carbocycles. The number of nitrogens with zero attached hydrogens (tertiary/aromatic N) is 1. The van der Waals surface area contributed by atoms with E-state index in [-0.39, 0.29) is 17.1 Å². The fraction of sp³-hybridized carbons (Fsp3) is 0.0952. The topological polar surface area (TPSA) is 104 Å². The Morgan fingerprint density at radius 2 is 1.51 bits per heavy atom. The number of halogens is 7. The van der Waals surface area contributed by atoms with E-state index < -0.39 is 52.8 Å². The highest BCUT2D eigenvalue weighted by Gasteiger charge is 2.37. The number of nitrogens with one attached hydrogen (secondary N) is 1. The fourth-order valence-corrected chi connectivity index (χ4v) is 2.72. The van der Waals surface area contributed by atoms with Gasteiger partial charge in [0, 0.05) is 0 Å². The van der Waals surface area contributed by atoms with Crippen LogP contribution in [0.5, 0.6) is 17.2 Å². The molecular formula is C21H12F7N3O4. The summed E-state index contributed by atoms with van der Waals surface area (Å²) in [4.78, 5) is 27.4. The molecule has 3 N–H and O–H groups in total. The molecule has 0 aliphatic carbocycles. The molecule has 35 heavy (non-hydrogen) atoms. The number of alkyl halides is 6. The smallest absolute Gasteiger partial charge is 0.456 e. The summed E-state index contributed by atoms with van der Waals surface area (Å²) in [5.41, 5.74) is 1.85. The number of pyridine rings is 1. The first-order valence-corrected chi connectivity index (χ1v) is 9.25. The van der Waals surface area contributed by atoms with Crippen molar-refractivity contribution < 1.29 is 49.8 Å². The van der Waals surface area contributed by atoms with Gasteiger partial charge in [0.25, 0.3) is 11.8 Å². The number of primary amides is 1. The summed E-state index contributed by atoms with van der Waals surface area (Å²) in [6.45, 7) is 0. The SMILES string of the molecule is NC(=O)c1ccc(NC(=O)c2c(Oc3ccc(OC(F)(F)F)cc3)ccc(C(F)(F)F)c2F)cn1. The van der Waals surface area contributed by atoms with Crippen LogP contribution in [0.15, 0.2) is 54.7 Å². The summed E-state index contributed by atoms with van der Waals surface area (Å²) in [7, 11) is 0. The molecule has 2 amide bonds. The van der Waals surface area contributed by atoms with Gasteiger partial charge in [-0.3, -0.25) is 9.59 Å². The molecular weight excluding hydrogens is 491 g/mol. The van der Waals surface area contributed by atoms with Crippen LogP contribution in [-0.4, -0.2) is 23.2 Å². The van der Waals surface area contributed by atoms with Crippen LogP contribution in [0.3, 0.4) is 0 Å². The van der Waals surface area contributed by atoms with E-state index in [1.165, 1.54) is 0 Å². The number of aromatic nitrogens is 1. The van der Waals surface area contributed by atoms with Gasteiger partial charge in [0.05, 0.1) is 17.4 Å². The van der Waals surface area contributed by atoms with Crippen molar-refractivity contribution in [2.45, 2.75) is 12.5 Å². The molecule has 0 atom stereocenters. The van der Waals surface area contributed by atoms with Gasteiger partial charge >= 0.3 is 12.5 Å². The first-order chi connectivity index (χ1) is 16.2. The van der Waals surface area contributed by atoms with Crippen LogP contribution in [0.1, 0.15) is 26.4 Å². The molecule has 3 rings (SSSR count). The Balaban J connectivity index is 1.95. The van der Waals surface area contributed by atoms with Gasteiger partial charge in [0.1, 0.15) is 28.5 Å². The number of hydrogen-bond acceptors (Lipinski definition) is 5. The monoisotopic (exact) mass is 503 g/mol. The Morgan fingerprint density at radius 1 is 0.886 bits per heavy atom. The third kappa shape index (κ3) is 6.37. The molecule has 184 valence electrons. The van der Waals surface area contributed by atoms with E-state index >= 15 is 0 Å². The summed E-state index contributed by atoms with van der Waals surface area (Å²) < 4.78 is 100. The zero-order valence-corrected chi connectivity index (χ0v) is 17.0. The van der Waals surface area contributed by atoms with Gasteiger partial charge in [-0.05, 0) is 48.5 Å². The number of benzene rings is 2. The summed E-state index contributed by atoms with van der Waals surface area (Å²) in [6, 6.07) is 6.89. The van der Waals surface area contributed by atoms with Crippen molar-refractivity contribution in [2.24, 2.45) is 5.73 Å². The molecule has 0 unspecified atom stereocenters. The summed E-state index contributed by atoms with van der Waals surface area (Å²) in [5.74, 6) is -5.72. The predicted octanol–water partition coefficient (Wildman–Crippen LogP) is 5.28. The van der Waals surface area contributed by atoms with Crippen LogP contribution >= 0.6 is 0 Å². The molecule has 0 fully saturated rings. The van der Waals surface area contributed by atoms with Crippen molar-refractivity contribution >= 4 is 17.5 Å². The molecule has 0 aliphatic rings. The summed E-state index contributed by atoms with van der Waals surface area (Å²) in [5, 5.41) is 2.12. The minimum absolute atomic E-state index is 0.114. The van der Waals surface area contributed by atoms with Crippen LogP contribution < -0.4 is 20.5 Å². The van der Waals surface area contributed by atoms with E-state index in [0.717, 1.165) is 42.6 Å². The standard InChI is InChI=1S/C21H12F7N3O4/c22-17-13(20(23,24)25)6-8-15(34-11-2-4-12(5-3-11)35-21(26,27)28)16(17)19(33)31-10-1-7-14(18(29)32)30-9-10/h1-9H,(H2,29,32)(H,31,33). The maximum atomic E-state index is 14.8. The zero-order valence-electron chi connectivity index (χ0n) is 17.0. The lowest BCUT2D eigenvalue weighted by Crippen LogP contribution is -2.19. The van der Waals surface area contributed by atoms with E-state index in [1.807, 2.05) is 0 Å². The molecule has 0 bridgehead atoms. The molecule has 1 aromatic heterocycles. The molecule has 2 aromatic carbocycles. The first-order valence-electron chi connectivity index (χ1n) is 9.25.